The summed E-state index contributed by atoms with van der Waals surface area (Å²) in [5, 5.41) is 5.53. The molecule has 0 aromatic heterocycles. The first-order chi connectivity index (χ1) is 11.4. The molecule has 2 rings (SSSR count). The van der Waals surface area contributed by atoms with Crippen LogP contribution in [0.5, 0.6) is 0 Å². The highest BCUT2D eigenvalue weighted by atomic mass is 16.2. The average molecular weight is 331 g/mol. The van der Waals surface area contributed by atoms with Crippen LogP contribution in [0.4, 0.5) is 10.5 Å². The Kier molecular flexibility index (Phi) is 5.59. The molecule has 0 saturated carbocycles. The van der Waals surface area contributed by atoms with E-state index in [2.05, 4.69) is 10.6 Å². The van der Waals surface area contributed by atoms with Gasteiger partial charge < -0.3 is 10.6 Å². The highest BCUT2D eigenvalue weighted by molar-refractivity contribution is 6.10. The molecule has 4 amide bonds. The van der Waals surface area contributed by atoms with Gasteiger partial charge in [0, 0.05) is 5.69 Å². The molecule has 1 aromatic rings. The fourth-order valence-corrected chi connectivity index (χ4v) is 3.20. The van der Waals surface area contributed by atoms with Crippen molar-refractivity contribution < 1.29 is 14.4 Å². The summed E-state index contributed by atoms with van der Waals surface area (Å²) < 4.78 is 0. The van der Waals surface area contributed by atoms with Crippen LogP contribution in [-0.4, -0.2) is 34.8 Å². The summed E-state index contributed by atoms with van der Waals surface area (Å²) in [5.74, 6) is -0.677. The smallest absolute Gasteiger partial charge is 0.325 e. The summed E-state index contributed by atoms with van der Waals surface area (Å²) in [7, 11) is 0. The Morgan fingerprint density at radius 2 is 1.88 bits per heavy atom. The maximum Gasteiger partial charge on any atom is 0.325 e. The topological polar surface area (TPSA) is 78.5 Å². The summed E-state index contributed by atoms with van der Waals surface area (Å²) in [6.45, 7) is 5.61. The molecular formula is C18H25N3O3. The zero-order valence-electron chi connectivity index (χ0n) is 14.5. The number of hydrogen-bond acceptors (Lipinski definition) is 3. The molecule has 0 aliphatic carbocycles. The molecule has 0 atom stereocenters. The van der Waals surface area contributed by atoms with Crippen LogP contribution in [0.15, 0.2) is 24.3 Å². The molecule has 1 aliphatic rings. The van der Waals surface area contributed by atoms with Crippen molar-refractivity contribution >= 4 is 23.5 Å². The maximum absolute atomic E-state index is 12.7. The fraction of sp³-hybridized carbons (Fsp3) is 0.500. The number of benzene rings is 1. The molecule has 24 heavy (non-hydrogen) atoms. The van der Waals surface area contributed by atoms with Gasteiger partial charge in [-0.05, 0) is 37.5 Å². The molecule has 2 N–H and O–H groups in total. The lowest BCUT2D eigenvalue weighted by molar-refractivity contribution is -0.134. The van der Waals surface area contributed by atoms with E-state index in [0.29, 0.717) is 18.5 Å². The van der Waals surface area contributed by atoms with Gasteiger partial charge in [-0.2, -0.15) is 0 Å². The van der Waals surface area contributed by atoms with Gasteiger partial charge in [0.1, 0.15) is 12.1 Å². The molecule has 1 aliphatic heterocycles. The first-order valence-electron chi connectivity index (χ1n) is 8.42. The summed E-state index contributed by atoms with van der Waals surface area (Å²) in [4.78, 5) is 38.2. The van der Waals surface area contributed by atoms with Crippen LogP contribution >= 0.6 is 0 Å². The molecular weight excluding hydrogens is 306 g/mol. The SMILES string of the molecule is CCCC1(CCC)NC(=O)N(CC(=O)Nc2cccc(C)c2)C1=O. The molecule has 1 fully saturated rings. The zero-order valence-corrected chi connectivity index (χ0v) is 14.5. The van der Waals surface area contributed by atoms with E-state index in [4.69, 9.17) is 0 Å². The van der Waals surface area contributed by atoms with E-state index in [1.807, 2.05) is 39.0 Å². The third kappa shape index (κ3) is 3.75. The van der Waals surface area contributed by atoms with Gasteiger partial charge in [-0.3, -0.25) is 14.5 Å². The van der Waals surface area contributed by atoms with Crippen LogP contribution in [0.25, 0.3) is 0 Å². The molecule has 0 radical (unpaired) electrons. The van der Waals surface area contributed by atoms with Gasteiger partial charge in [0.05, 0.1) is 0 Å². The molecule has 1 saturated heterocycles. The van der Waals surface area contributed by atoms with Crippen LogP contribution in [0.1, 0.15) is 45.1 Å². The number of aryl methyl sites for hydroxylation is 1. The molecule has 1 aromatic carbocycles. The number of carbonyl (C=O) groups is 3. The summed E-state index contributed by atoms with van der Waals surface area (Å²) >= 11 is 0. The Hall–Kier alpha value is -2.37. The van der Waals surface area contributed by atoms with Crippen molar-refractivity contribution in [3.05, 3.63) is 29.8 Å². The van der Waals surface area contributed by atoms with Gasteiger partial charge in [0.15, 0.2) is 0 Å². The summed E-state index contributed by atoms with van der Waals surface area (Å²) in [6, 6.07) is 6.89. The van der Waals surface area contributed by atoms with E-state index < -0.39 is 11.6 Å². The average Bonchev–Trinajstić information content (AvgIpc) is 2.72. The zero-order chi connectivity index (χ0) is 17.7. The second kappa shape index (κ2) is 7.47. The number of imide groups is 1. The minimum absolute atomic E-state index is 0.270. The lowest BCUT2D eigenvalue weighted by atomic mass is 9.88. The molecule has 1 heterocycles. The number of urea groups is 1. The minimum Gasteiger partial charge on any atom is -0.325 e. The van der Waals surface area contributed by atoms with E-state index >= 15 is 0 Å². The largest absolute Gasteiger partial charge is 0.325 e. The van der Waals surface area contributed by atoms with Crippen molar-refractivity contribution in [2.75, 3.05) is 11.9 Å². The van der Waals surface area contributed by atoms with E-state index in [-0.39, 0.29) is 18.4 Å². The van der Waals surface area contributed by atoms with Crippen LogP contribution in [0, 0.1) is 6.92 Å². The van der Waals surface area contributed by atoms with E-state index in [9.17, 15) is 14.4 Å². The van der Waals surface area contributed by atoms with Crippen molar-refractivity contribution in [1.29, 1.82) is 0 Å². The van der Waals surface area contributed by atoms with Gasteiger partial charge in [-0.15, -0.1) is 0 Å². The van der Waals surface area contributed by atoms with Gasteiger partial charge in [-0.1, -0.05) is 38.8 Å². The quantitative estimate of drug-likeness (QED) is 0.754. The summed E-state index contributed by atoms with van der Waals surface area (Å²) in [6.07, 6.45) is 2.74. The number of nitrogens with zero attached hydrogens (tertiary/aromatic N) is 1. The Labute approximate surface area is 142 Å². The van der Waals surface area contributed by atoms with Gasteiger partial charge >= 0.3 is 6.03 Å². The number of carbonyl (C=O) groups excluding carboxylic acids is 3. The number of hydrogen-bond donors (Lipinski definition) is 2. The minimum atomic E-state index is -0.857. The Bertz CT molecular complexity index is 636. The van der Waals surface area contributed by atoms with Crippen LogP contribution in [0.2, 0.25) is 0 Å². The molecule has 130 valence electrons. The lowest BCUT2D eigenvalue weighted by Crippen LogP contribution is -2.47. The van der Waals surface area contributed by atoms with Crippen LogP contribution in [-0.2, 0) is 9.59 Å². The highest BCUT2D eigenvalue weighted by Crippen LogP contribution is 2.28. The first kappa shape index (κ1) is 18.0. The van der Waals surface area contributed by atoms with Gasteiger partial charge in [0.25, 0.3) is 5.91 Å². The normalized spacial score (nSPS) is 16.2. The third-order valence-electron chi connectivity index (χ3n) is 4.20. The Balaban J connectivity index is 2.07. The van der Waals surface area contributed by atoms with Gasteiger partial charge in [0.2, 0.25) is 5.91 Å². The van der Waals surface area contributed by atoms with E-state index in [1.165, 1.54) is 0 Å². The highest BCUT2D eigenvalue weighted by Gasteiger charge is 2.50. The maximum atomic E-state index is 12.7. The predicted molar refractivity (Wildman–Crippen MR) is 92.6 cm³/mol. The van der Waals surface area contributed by atoms with Crippen molar-refractivity contribution in [3.8, 4) is 0 Å². The number of rotatable bonds is 7. The molecule has 6 heteroatoms. The molecule has 0 bridgehead atoms. The second-order valence-corrected chi connectivity index (χ2v) is 6.32. The number of anilines is 1. The van der Waals surface area contributed by atoms with Crippen molar-refractivity contribution in [1.82, 2.24) is 10.2 Å². The molecule has 6 nitrogen and oxygen atoms in total. The van der Waals surface area contributed by atoms with Gasteiger partial charge in [-0.25, -0.2) is 4.79 Å². The van der Waals surface area contributed by atoms with E-state index in [1.54, 1.807) is 6.07 Å². The van der Waals surface area contributed by atoms with Crippen molar-refractivity contribution in [2.24, 2.45) is 0 Å². The predicted octanol–water partition coefficient (Wildman–Crippen LogP) is 2.82. The van der Waals surface area contributed by atoms with Crippen LogP contribution in [0.3, 0.4) is 0 Å². The second-order valence-electron chi connectivity index (χ2n) is 6.32. The third-order valence-corrected chi connectivity index (χ3v) is 4.20. The molecule has 0 spiro atoms. The Morgan fingerprint density at radius 1 is 1.21 bits per heavy atom. The number of amides is 4. The van der Waals surface area contributed by atoms with Crippen molar-refractivity contribution in [3.63, 3.8) is 0 Å². The monoisotopic (exact) mass is 331 g/mol. The van der Waals surface area contributed by atoms with E-state index in [0.717, 1.165) is 23.3 Å². The van der Waals surface area contributed by atoms with Crippen molar-refractivity contribution in [2.45, 2.75) is 52.0 Å². The standard InChI is InChI=1S/C18H25N3O3/c1-4-9-18(10-5-2)16(23)21(17(24)20-18)12-15(22)19-14-8-6-7-13(3)11-14/h6-8,11H,4-5,9-10,12H2,1-3H3,(H,19,22)(H,20,24). The lowest BCUT2D eigenvalue weighted by Gasteiger charge is -2.25. The Morgan fingerprint density at radius 3 is 2.46 bits per heavy atom. The van der Waals surface area contributed by atoms with Crippen LogP contribution < -0.4 is 10.6 Å². The first-order valence-corrected chi connectivity index (χ1v) is 8.42. The molecule has 0 unspecified atom stereocenters. The summed E-state index contributed by atoms with van der Waals surface area (Å²) in [5.41, 5.74) is 0.817. The number of nitrogens with one attached hydrogen (secondary N) is 2. The fourth-order valence-electron chi connectivity index (χ4n) is 3.20.